The van der Waals surface area contributed by atoms with E-state index in [1.807, 2.05) is 25.7 Å². The number of rotatable bonds is 5. The van der Waals surface area contributed by atoms with Crippen LogP contribution in [0.1, 0.15) is 41.0 Å². The van der Waals surface area contributed by atoms with Crippen LogP contribution in [-0.4, -0.2) is 67.7 Å². The van der Waals surface area contributed by atoms with Gasteiger partial charge in [0, 0.05) is 25.0 Å². The highest BCUT2D eigenvalue weighted by molar-refractivity contribution is 7.92. The SMILES string of the molecule is CCNC(=NCC(C)(CC)CO)N1CCS(=O)(=O)C(C)(C)C1. The van der Waals surface area contributed by atoms with E-state index in [0.717, 1.165) is 18.9 Å². The van der Waals surface area contributed by atoms with Crippen LogP contribution in [0.25, 0.3) is 0 Å². The van der Waals surface area contributed by atoms with Crippen LogP contribution in [0.5, 0.6) is 0 Å². The third kappa shape index (κ3) is 4.35. The topological polar surface area (TPSA) is 82.0 Å². The van der Waals surface area contributed by atoms with E-state index in [-0.39, 0.29) is 17.8 Å². The summed E-state index contributed by atoms with van der Waals surface area (Å²) in [7, 11) is -3.06. The van der Waals surface area contributed by atoms with E-state index in [2.05, 4.69) is 10.3 Å². The van der Waals surface area contributed by atoms with Crippen LogP contribution in [-0.2, 0) is 9.84 Å². The molecule has 0 bridgehead atoms. The average Bonchev–Trinajstić information content (AvgIpc) is 2.46. The van der Waals surface area contributed by atoms with Gasteiger partial charge in [-0.25, -0.2) is 8.42 Å². The summed E-state index contributed by atoms with van der Waals surface area (Å²) in [4.78, 5) is 6.65. The fraction of sp³-hybridized carbons (Fsp3) is 0.933. The molecule has 1 unspecified atom stereocenters. The molecule has 0 radical (unpaired) electrons. The number of hydrogen-bond donors (Lipinski definition) is 2. The Balaban J connectivity index is 2.93. The van der Waals surface area contributed by atoms with Crippen molar-refractivity contribution in [3.63, 3.8) is 0 Å². The highest BCUT2D eigenvalue weighted by atomic mass is 32.2. The Bertz CT molecular complexity index is 496. The molecule has 22 heavy (non-hydrogen) atoms. The molecular formula is C15H31N3O3S. The largest absolute Gasteiger partial charge is 0.396 e. The molecule has 0 amide bonds. The number of guanidine groups is 1. The monoisotopic (exact) mass is 333 g/mol. The quantitative estimate of drug-likeness (QED) is 0.576. The predicted octanol–water partition coefficient (Wildman–Crippen LogP) is 0.870. The van der Waals surface area contributed by atoms with Gasteiger partial charge in [-0.1, -0.05) is 13.8 Å². The molecule has 1 heterocycles. The fourth-order valence-corrected chi connectivity index (χ4v) is 3.66. The zero-order chi connectivity index (χ0) is 17.0. The first-order valence-corrected chi connectivity index (χ1v) is 9.62. The van der Waals surface area contributed by atoms with Gasteiger partial charge in [-0.15, -0.1) is 0 Å². The Hall–Kier alpha value is -0.820. The number of nitrogens with zero attached hydrogens (tertiary/aromatic N) is 2. The molecule has 0 spiro atoms. The van der Waals surface area contributed by atoms with Gasteiger partial charge in [0.1, 0.15) is 0 Å². The van der Waals surface area contributed by atoms with E-state index in [1.54, 1.807) is 13.8 Å². The maximum Gasteiger partial charge on any atom is 0.194 e. The number of aliphatic imine (C=N–C) groups is 1. The molecule has 0 aromatic rings. The zero-order valence-corrected chi connectivity index (χ0v) is 15.3. The van der Waals surface area contributed by atoms with Gasteiger partial charge in [-0.2, -0.15) is 0 Å². The number of nitrogens with one attached hydrogen (secondary N) is 1. The Labute approximate surface area is 134 Å². The maximum absolute atomic E-state index is 12.1. The molecule has 1 atom stereocenters. The number of aliphatic hydroxyl groups is 1. The van der Waals surface area contributed by atoms with Crippen LogP contribution in [0.3, 0.4) is 0 Å². The molecule has 0 aromatic heterocycles. The first kappa shape index (κ1) is 19.2. The van der Waals surface area contributed by atoms with Gasteiger partial charge in [-0.05, 0) is 27.2 Å². The zero-order valence-electron chi connectivity index (χ0n) is 14.5. The summed E-state index contributed by atoms with van der Waals surface area (Å²) in [5.41, 5.74) is -0.238. The fourth-order valence-electron chi connectivity index (χ4n) is 2.29. The van der Waals surface area contributed by atoms with Crippen molar-refractivity contribution in [2.24, 2.45) is 10.4 Å². The summed E-state index contributed by atoms with van der Waals surface area (Å²) in [6, 6.07) is 0. The minimum atomic E-state index is -3.06. The third-order valence-corrected chi connectivity index (χ3v) is 7.06. The lowest BCUT2D eigenvalue weighted by molar-refractivity contribution is 0.145. The normalized spacial score (nSPS) is 23.9. The third-order valence-electron chi connectivity index (χ3n) is 4.52. The van der Waals surface area contributed by atoms with Crippen molar-refractivity contribution in [2.45, 2.75) is 45.8 Å². The van der Waals surface area contributed by atoms with Crippen LogP contribution in [0, 0.1) is 5.41 Å². The first-order chi connectivity index (χ1) is 10.1. The molecule has 1 saturated heterocycles. The maximum atomic E-state index is 12.1. The van der Waals surface area contributed by atoms with Crippen LogP contribution in [0.2, 0.25) is 0 Å². The van der Waals surface area contributed by atoms with Crippen molar-refractivity contribution in [3.05, 3.63) is 0 Å². The van der Waals surface area contributed by atoms with Crippen LogP contribution in [0.15, 0.2) is 4.99 Å². The Morgan fingerprint density at radius 1 is 1.41 bits per heavy atom. The molecule has 1 aliphatic heterocycles. The summed E-state index contributed by atoms with van der Waals surface area (Å²) in [6.07, 6.45) is 0.840. The second-order valence-corrected chi connectivity index (χ2v) is 9.74. The predicted molar refractivity (Wildman–Crippen MR) is 90.9 cm³/mol. The van der Waals surface area contributed by atoms with Crippen molar-refractivity contribution in [3.8, 4) is 0 Å². The van der Waals surface area contributed by atoms with E-state index in [1.165, 1.54) is 0 Å². The lowest BCUT2D eigenvalue weighted by Crippen LogP contribution is -2.57. The van der Waals surface area contributed by atoms with Crippen molar-refractivity contribution < 1.29 is 13.5 Å². The molecule has 1 aliphatic rings. The van der Waals surface area contributed by atoms with Crippen LogP contribution in [0.4, 0.5) is 0 Å². The molecule has 130 valence electrons. The van der Waals surface area contributed by atoms with E-state index in [4.69, 9.17) is 0 Å². The summed E-state index contributed by atoms with van der Waals surface area (Å²) in [5, 5.41) is 12.7. The molecule has 0 aliphatic carbocycles. The number of hydrogen-bond acceptors (Lipinski definition) is 4. The van der Waals surface area contributed by atoms with Gasteiger partial charge in [0.2, 0.25) is 0 Å². The van der Waals surface area contributed by atoms with E-state index in [0.29, 0.717) is 19.6 Å². The second kappa shape index (κ2) is 7.17. The molecule has 0 saturated carbocycles. The molecule has 6 nitrogen and oxygen atoms in total. The Morgan fingerprint density at radius 2 is 2.05 bits per heavy atom. The van der Waals surface area contributed by atoms with Gasteiger partial charge in [0.25, 0.3) is 0 Å². The van der Waals surface area contributed by atoms with Gasteiger partial charge >= 0.3 is 0 Å². The van der Waals surface area contributed by atoms with E-state index in [9.17, 15) is 13.5 Å². The number of sulfone groups is 1. The average molecular weight is 333 g/mol. The summed E-state index contributed by atoms with van der Waals surface area (Å²) < 4.78 is 23.5. The van der Waals surface area contributed by atoms with Crippen molar-refractivity contribution in [1.29, 1.82) is 0 Å². The molecule has 2 N–H and O–H groups in total. The second-order valence-electron chi connectivity index (χ2n) is 6.99. The minimum Gasteiger partial charge on any atom is -0.396 e. The van der Waals surface area contributed by atoms with Gasteiger partial charge < -0.3 is 15.3 Å². The molecule has 1 rings (SSSR count). The Morgan fingerprint density at radius 3 is 2.50 bits per heavy atom. The lowest BCUT2D eigenvalue weighted by Gasteiger charge is -2.39. The smallest absolute Gasteiger partial charge is 0.194 e. The summed E-state index contributed by atoms with van der Waals surface area (Å²) in [6.45, 7) is 11.8. The van der Waals surface area contributed by atoms with Crippen LogP contribution < -0.4 is 5.32 Å². The highest BCUT2D eigenvalue weighted by Gasteiger charge is 2.41. The minimum absolute atomic E-state index is 0.0896. The van der Waals surface area contributed by atoms with Gasteiger partial charge in [0.15, 0.2) is 15.8 Å². The van der Waals surface area contributed by atoms with E-state index < -0.39 is 14.6 Å². The number of aliphatic hydroxyl groups excluding tert-OH is 1. The van der Waals surface area contributed by atoms with E-state index >= 15 is 0 Å². The Kier molecular flexibility index (Phi) is 6.27. The van der Waals surface area contributed by atoms with Gasteiger partial charge in [-0.3, -0.25) is 4.99 Å². The highest BCUT2D eigenvalue weighted by Crippen LogP contribution is 2.24. The molecule has 7 heteroatoms. The van der Waals surface area contributed by atoms with Crippen molar-refractivity contribution >= 4 is 15.8 Å². The standard InChI is InChI=1S/C15H31N3O3S/c1-6-15(5,12-19)10-17-13(16-7-2)18-8-9-22(20,21)14(3,4)11-18/h19H,6-12H2,1-5H3,(H,16,17). The first-order valence-electron chi connectivity index (χ1n) is 7.97. The van der Waals surface area contributed by atoms with Crippen molar-refractivity contribution in [1.82, 2.24) is 10.2 Å². The lowest BCUT2D eigenvalue weighted by atomic mass is 9.89. The summed E-state index contributed by atoms with van der Waals surface area (Å²) in [5.74, 6) is 0.883. The van der Waals surface area contributed by atoms with Gasteiger partial charge in [0.05, 0.1) is 23.7 Å². The summed E-state index contributed by atoms with van der Waals surface area (Å²) >= 11 is 0. The molecule has 0 aromatic carbocycles. The molecular weight excluding hydrogens is 302 g/mol. The van der Waals surface area contributed by atoms with Crippen LogP contribution >= 0.6 is 0 Å². The molecule has 1 fully saturated rings. The van der Waals surface area contributed by atoms with Crippen molar-refractivity contribution in [2.75, 3.05) is 38.5 Å².